The normalized spacial score (nSPS) is 11.9. The van der Waals surface area contributed by atoms with E-state index in [1.54, 1.807) is 28.8 Å². The van der Waals surface area contributed by atoms with Crippen LogP contribution < -0.4 is 10.6 Å². The van der Waals surface area contributed by atoms with Gasteiger partial charge in [-0.1, -0.05) is 13.0 Å². The fourth-order valence-electron chi connectivity index (χ4n) is 1.77. The van der Waals surface area contributed by atoms with E-state index in [9.17, 15) is 14.7 Å². The number of urea groups is 1. The number of hydrogen-bond acceptors (Lipinski definition) is 4. The highest BCUT2D eigenvalue weighted by molar-refractivity contribution is 7.12. The first-order valence-corrected chi connectivity index (χ1v) is 8.18. The van der Waals surface area contributed by atoms with Gasteiger partial charge in [-0.15, -0.1) is 22.7 Å². The van der Waals surface area contributed by atoms with Crippen LogP contribution in [0.15, 0.2) is 29.6 Å². The SMILES string of the molecule is CCc1ccc(CNC(=O)NC(C(=O)O)c2cccs2)s1. The first kappa shape index (κ1) is 15.5. The molecule has 2 aromatic rings. The van der Waals surface area contributed by atoms with E-state index in [0.717, 1.165) is 11.3 Å². The molecule has 3 N–H and O–H groups in total. The maximum Gasteiger partial charge on any atom is 0.331 e. The summed E-state index contributed by atoms with van der Waals surface area (Å²) >= 11 is 2.94. The van der Waals surface area contributed by atoms with E-state index >= 15 is 0 Å². The van der Waals surface area contributed by atoms with Gasteiger partial charge >= 0.3 is 12.0 Å². The predicted octanol–water partition coefficient (Wildman–Crippen LogP) is 3.00. The van der Waals surface area contributed by atoms with Gasteiger partial charge in [-0.2, -0.15) is 0 Å². The summed E-state index contributed by atoms with van der Waals surface area (Å²) in [6, 6.07) is 5.95. The second-order valence-electron chi connectivity index (χ2n) is 4.34. The van der Waals surface area contributed by atoms with Crippen molar-refractivity contribution in [3.63, 3.8) is 0 Å². The second-order valence-corrected chi connectivity index (χ2v) is 6.57. The third-order valence-electron chi connectivity index (χ3n) is 2.84. The van der Waals surface area contributed by atoms with Crippen LogP contribution in [0.3, 0.4) is 0 Å². The first-order valence-electron chi connectivity index (χ1n) is 6.48. The number of hydrogen-bond donors (Lipinski definition) is 3. The van der Waals surface area contributed by atoms with Crippen molar-refractivity contribution in [2.45, 2.75) is 25.9 Å². The van der Waals surface area contributed by atoms with E-state index < -0.39 is 18.0 Å². The lowest BCUT2D eigenvalue weighted by Crippen LogP contribution is -2.40. The average molecular weight is 324 g/mol. The van der Waals surface area contributed by atoms with Crippen LogP contribution >= 0.6 is 22.7 Å². The van der Waals surface area contributed by atoms with Gasteiger partial charge in [0.05, 0.1) is 6.54 Å². The summed E-state index contributed by atoms with van der Waals surface area (Å²) in [5, 5.41) is 16.1. The molecule has 0 fully saturated rings. The maximum absolute atomic E-state index is 11.8. The highest BCUT2D eigenvalue weighted by Crippen LogP contribution is 2.19. The van der Waals surface area contributed by atoms with Crippen molar-refractivity contribution in [1.82, 2.24) is 10.6 Å². The molecule has 0 saturated carbocycles. The zero-order valence-corrected chi connectivity index (χ0v) is 13.1. The van der Waals surface area contributed by atoms with E-state index in [2.05, 4.69) is 17.6 Å². The lowest BCUT2D eigenvalue weighted by molar-refractivity contribution is -0.139. The highest BCUT2D eigenvalue weighted by atomic mass is 32.1. The molecule has 2 rings (SSSR count). The van der Waals surface area contributed by atoms with E-state index in [0.29, 0.717) is 11.4 Å². The second kappa shape index (κ2) is 7.24. The number of thiophene rings is 2. The van der Waals surface area contributed by atoms with Gasteiger partial charge in [0.25, 0.3) is 0 Å². The Hall–Kier alpha value is -1.86. The van der Waals surface area contributed by atoms with Crippen LogP contribution in [0.1, 0.15) is 27.6 Å². The fraction of sp³-hybridized carbons (Fsp3) is 0.286. The van der Waals surface area contributed by atoms with Gasteiger partial charge in [0.2, 0.25) is 0 Å². The summed E-state index contributed by atoms with van der Waals surface area (Å²) < 4.78 is 0. The Morgan fingerprint density at radius 3 is 2.62 bits per heavy atom. The van der Waals surface area contributed by atoms with Crippen molar-refractivity contribution in [2.24, 2.45) is 0 Å². The summed E-state index contributed by atoms with van der Waals surface area (Å²) in [7, 11) is 0. The molecule has 2 amide bonds. The lowest BCUT2D eigenvalue weighted by atomic mass is 10.2. The Kier molecular flexibility index (Phi) is 5.35. The minimum Gasteiger partial charge on any atom is -0.479 e. The number of carbonyl (C=O) groups is 2. The number of carboxylic acid groups (broad SMARTS) is 1. The highest BCUT2D eigenvalue weighted by Gasteiger charge is 2.22. The number of aliphatic carboxylic acids is 1. The molecule has 0 aliphatic carbocycles. The third kappa shape index (κ3) is 4.30. The molecule has 0 saturated heterocycles. The zero-order valence-electron chi connectivity index (χ0n) is 11.5. The molecule has 0 aliphatic rings. The van der Waals surface area contributed by atoms with Crippen LogP contribution in [0, 0.1) is 0 Å². The molecule has 2 aromatic heterocycles. The molecule has 112 valence electrons. The van der Waals surface area contributed by atoms with Crippen molar-refractivity contribution in [3.8, 4) is 0 Å². The Bertz CT molecular complexity index is 608. The van der Waals surface area contributed by atoms with Crippen LogP contribution in [0.5, 0.6) is 0 Å². The maximum atomic E-state index is 11.8. The van der Waals surface area contributed by atoms with Gasteiger partial charge in [0.1, 0.15) is 0 Å². The van der Waals surface area contributed by atoms with Crippen molar-refractivity contribution < 1.29 is 14.7 Å². The van der Waals surface area contributed by atoms with E-state index in [4.69, 9.17) is 0 Å². The fourth-order valence-corrected chi connectivity index (χ4v) is 3.43. The minimum atomic E-state index is -1.07. The molecule has 1 unspecified atom stereocenters. The molecule has 0 aliphatic heterocycles. The van der Waals surface area contributed by atoms with Gasteiger partial charge in [-0.25, -0.2) is 9.59 Å². The van der Waals surface area contributed by atoms with Crippen LogP contribution in [0.2, 0.25) is 0 Å². The molecule has 0 spiro atoms. The van der Waals surface area contributed by atoms with Crippen molar-refractivity contribution in [1.29, 1.82) is 0 Å². The monoisotopic (exact) mass is 324 g/mol. The van der Waals surface area contributed by atoms with Crippen LogP contribution in [0.4, 0.5) is 4.79 Å². The average Bonchev–Trinajstić information content (AvgIpc) is 3.13. The van der Waals surface area contributed by atoms with Crippen LogP contribution in [0.25, 0.3) is 0 Å². The number of aryl methyl sites for hydroxylation is 1. The number of amides is 2. The standard InChI is InChI=1S/C14H16N2O3S2/c1-2-9-5-6-10(21-9)8-15-14(19)16-12(13(17)18)11-4-3-7-20-11/h3-7,12H,2,8H2,1H3,(H,17,18)(H2,15,16,19). The zero-order chi connectivity index (χ0) is 15.2. The molecule has 7 heteroatoms. The largest absolute Gasteiger partial charge is 0.479 e. The van der Waals surface area contributed by atoms with E-state index in [1.165, 1.54) is 16.2 Å². The van der Waals surface area contributed by atoms with Gasteiger partial charge < -0.3 is 15.7 Å². The summed E-state index contributed by atoms with van der Waals surface area (Å²) in [6.45, 7) is 2.47. The molecule has 2 heterocycles. The van der Waals surface area contributed by atoms with Crippen LogP contribution in [-0.2, 0) is 17.8 Å². The smallest absolute Gasteiger partial charge is 0.331 e. The Balaban J connectivity index is 1.89. The molecule has 0 aromatic carbocycles. The minimum absolute atomic E-state index is 0.396. The molecule has 0 bridgehead atoms. The summed E-state index contributed by atoms with van der Waals surface area (Å²) in [5.74, 6) is -1.07. The Morgan fingerprint density at radius 2 is 2.05 bits per heavy atom. The van der Waals surface area contributed by atoms with Crippen LogP contribution in [-0.4, -0.2) is 17.1 Å². The van der Waals surface area contributed by atoms with Gasteiger partial charge in [-0.05, 0) is 30.0 Å². The molecule has 0 radical (unpaired) electrons. The third-order valence-corrected chi connectivity index (χ3v) is 5.01. The molecule has 5 nitrogen and oxygen atoms in total. The summed E-state index contributed by atoms with van der Waals surface area (Å²) in [5.41, 5.74) is 0. The first-order chi connectivity index (χ1) is 10.1. The van der Waals surface area contributed by atoms with E-state index in [1.807, 2.05) is 12.1 Å². The molecular weight excluding hydrogens is 308 g/mol. The lowest BCUT2D eigenvalue weighted by Gasteiger charge is -2.13. The van der Waals surface area contributed by atoms with Gasteiger partial charge in [0.15, 0.2) is 6.04 Å². The molecule has 21 heavy (non-hydrogen) atoms. The Labute approximate surface area is 130 Å². The number of nitrogens with one attached hydrogen (secondary N) is 2. The Morgan fingerprint density at radius 1 is 1.29 bits per heavy atom. The van der Waals surface area contributed by atoms with Crippen molar-refractivity contribution >= 4 is 34.7 Å². The van der Waals surface area contributed by atoms with Crippen molar-refractivity contribution in [3.05, 3.63) is 44.3 Å². The predicted molar refractivity (Wildman–Crippen MR) is 83.8 cm³/mol. The van der Waals surface area contributed by atoms with Crippen molar-refractivity contribution in [2.75, 3.05) is 0 Å². The van der Waals surface area contributed by atoms with Gasteiger partial charge in [0, 0.05) is 14.6 Å². The number of carbonyl (C=O) groups excluding carboxylic acids is 1. The number of carboxylic acids is 1. The molecule has 1 atom stereocenters. The molecular formula is C14H16N2O3S2. The summed E-state index contributed by atoms with van der Waals surface area (Å²) in [4.78, 5) is 25.9. The topological polar surface area (TPSA) is 78.4 Å². The van der Waals surface area contributed by atoms with Gasteiger partial charge in [-0.3, -0.25) is 0 Å². The quantitative estimate of drug-likeness (QED) is 0.764. The summed E-state index contributed by atoms with van der Waals surface area (Å²) in [6.07, 6.45) is 0.969. The number of rotatable bonds is 6. The van der Waals surface area contributed by atoms with E-state index in [-0.39, 0.29) is 0 Å².